The number of hydrogen-bond donors (Lipinski definition) is 0. The fourth-order valence-electron chi connectivity index (χ4n) is 7.64. The minimum atomic E-state index is 0.904. The summed E-state index contributed by atoms with van der Waals surface area (Å²) >= 11 is 0. The molecule has 3 nitrogen and oxygen atoms in total. The van der Waals surface area contributed by atoms with Crippen molar-refractivity contribution in [1.29, 1.82) is 0 Å². The van der Waals surface area contributed by atoms with Crippen LogP contribution in [0.25, 0.3) is 71.7 Å². The summed E-state index contributed by atoms with van der Waals surface area (Å²) in [5.74, 6) is 0. The molecule has 0 saturated carbocycles. The molecule has 0 fully saturated rings. The van der Waals surface area contributed by atoms with E-state index >= 15 is 0 Å². The molecule has 0 aliphatic rings. The minimum Gasteiger partial charge on any atom is -0.456 e. The Bertz CT molecular complexity index is 2770. The van der Waals surface area contributed by atoms with Gasteiger partial charge in [0.05, 0.1) is 11.0 Å². The lowest BCUT2D eigenvalue weighted by Gasteiger charge is -2.26. The first-order chi connectivity index (χ1) is 25.3. The average Bonchev–Trinajstić information content (AvgIpc) is 3.75. The maximum Gasteiger partial charge on any atom is 0.136 e. The van der Waals surface area contributed by atoms with Gasteiger partial charge in [-0.2, -0.15) is 0 Å². The molecule has 0 N–H and O–H groups in total. The summed E-state index contributed by atoms with van der Waals surface area (Å²) in [4.78, 5) is 2.34. The normalized spacial score (nSPS) is 11.5. The van der Waals surface area contributed by atoms with Crippen molar-refractivity contribution in [1.82, 2.24) is 4.57 Å². The Morgan fingerprint density at radius 3 is 1.49 bits per heavy atom. The summed E-state index contributed by atoms with van der Waals surface area (Å²) in [6, 6.07) is 69.1. The molecule has 51 heavy (non-hydrogen) atoms. The van der Waals surface area contributed by atoms with E-state index in [9.17, 15) is 0 Å². The molecule has 0 aliphatic carbocycles. The number of nitrogens with zero attached hydrogens (tertiary/aromatic N) is 2. The van der Waals surface area contributed by atoms with Gasteiger partial charge in [0.1, 0.15) is 11.2 Å². The van der Waals surface area contributed by atoms with Crippen molar-refractivity contribution in [3.63, 3.8) is 0 Å². The number of hydrogen-bond acceptors (Lipinski definition) is 2. The number of furan rings is 1. The molecule has 0 amide bonds. The first-order valence-corrected chi connectivity index (χ1v) is 17.4. The lowest BCUT2D eigenvalue weighted by molar-refractivity contribution is 0.669. The van der Waals surface area contributed by atoms with E-state index in [1.54, 1.807) is 0 Å². The number of rotatable bonds is 6. The zero-order valence-electron chi connectivity index (χ0n) is 27.8. The molecule has 10 rings (SSSR count). The van der Waals surface area contributed by atoms with Gasteiger partial charge in [-0.05, 0) is 95.1 Å². The highest BCUT2D eigenvalue weighted by Gasteiger charge is 2.17. The third kappa shape index (κ3) is 4.90. The van der Waals surface area contributed by atoms with Crippen LogP contribution in [0.3, 0.4) is 0 Å². The van der Waals surface area contributed by atoms with Gasteiger partial charge in [-0.1, -0.05) is 121 Å². The van der Waals surface area contributed by atoms with Gasteiger partial charge in [-0.15, -0.1) is 0 Å². The van der Waals surface area contributed by atoms with Crippen molar-refractivity contribution in [2.75, 3.05) is 4.90 Å². The van der Waals surface area contributed by atoms with Gasteiger partial charge in [-0.25, -0.2) is 0 Å². The summed E-state index contributed by atoms with van der Waals surface area (Å²) in [7, 11) is 0. The molecule has 8 aromatic carbocycles. The van der Waals surface area contributed by atoms with Gasteiger partial charge in [0, 0.05) is 44.3 Å². The van der Waals surface area contributed by atoms with Gasteiger partial charge >= 0.3 is 0 Å². The molecule has 2 aromatic heterocycles. The highest BCUT2D eigenvalue weighted by molar-refractivity contribution is 6.12. The van der Waals surface area contributed by atoms with Crippen LogP contribution in [-0.2, 0) is 0 Å². The lowest BCUT2D eigenvalue weighted by atomic mass is 9.99. The molecule has 0 atom stereocenters. The molecule has 3 heteroatoms. The lowest BCUT2D eigenvalue weighted by Crippen LogP contribution is -2.10. The molecule has 240 valence electrons. The van der Waals surface area contributed by atoms with Crippen LogP contribution in [0.2, 0.25) is 0 Å². The maximum absolute atomic E-state index is 6.21. The SMILES string of the molecule is c1ccc(-c2ccc(N(c3ccc(-c4cccc5oc6ccccc6c45)cc3)c3ccc(-n4c5ccccc5c5ccccc54)cc3)cc2)cc1. The Kier molecular flexibility index (Phi) is 6.81. The van der Waals surface area contributed by atoms with Gasteiger partial charge < -0.3 is 13.9 Å². The second kappa shape index (κ2) is 11.9. The molecule has 0 bridgehead atoms. The fourth-order valence-corrected chi connectivity index (χ4v) is 7.64. The molecule has 0 spiro atoms. The van der Waals surface area contributed by atoms with Crippen molar-refractivity contribution < 1.29 is 4.42 Å². The van der Waals surface area contributed by atoms with E-state index in [0.717, 1.165) is 50.3 Å². The average molecular weight is 653 g/mol. The Morgan fingerprint density at radius 2 is 0.843 bits per heavy atom. The van der Waals surface area contributed by atoms with Crippen LogP contribution in [0.5, 0.6) is 0 Å². The molecule has 10 aromatic rings. The van der Waals surface area contributed by atoms with Crippen LogP contribution in [-0.4, -0.2) is 4.57 Å². The van der Waals surface area contributed by atoms with Crippen LogP contribution >= 0.6 is 0 Å². The topological polar surface area (TPSA) is 21.3 Å². The number of fused-ring (bicyclic) bond motifs is 6. The third-order valence-corrected chi connectivity index (χ3v) is 10.0. The van der Waals surface area contributed by atoms with Crippen molar-refractivity contribution in [2.24, 2.45) is 0 Å². The Hall–Kier alpha value is -6.84. The van der Waals surface area contributed by atoms with Crippen LogP contribution in [0, 0.1) is 0 Å². The van der Waals surface area contributed by atoms with E-state index in [1.165, 1.54) is 38.5 Å². The van der Waals surface area contributed by atoms with E-state index in [0.29, 0.717) is 0 Å². The van der Waals surface area contributed by atoms with Crippen molar-refractivity contribution in [3.05, 3.63) is 194 Å². The molecule has 2 heterocycles. The maximum atomic E-state index is 6.21. The first-order valence-electron chi connectivity index (χ1n) is 17.4. The van der Waals surface area contributed by atoms with Gasteiger partial charge in [-0.3, -0.25) is 0 Å². The molecular weight excluding hydrogens is 621 g/mol. The van der Waals surface area contributed by atoms with Crippen LogP contribution in [0.15, 0.2) is 199 Å². The molecular formula is C48H32N2O. The van der Waals surface area contributed by atoms with E-state index < -0.39 is 0 Å². The van der Waals surface area contributed by atoms with Gasteiger partial charge in [0.2, 0.25) is 0 Å². The second-order valence-corrected chi connectivity index (χ2v) is 13.0. The number of para-hydroxylation sites is 3. The summed E-state index contributed by atoms with van der Waals surface area (Å²) < 4.78 is 8.57. The smallest absolute Gasteiger partial charge is 0.136 e. The summed E-state index contributed by atoms with van der Waals surface area (Å²) in [6.07, 6.45) is 0. The summed E-state index contributed by atoms with van der Waals surface area (Å²) in [5, 5.41) is 4.80. The second-order valence-electron chi connectivity index (χ2n) is 13.0. The zero-order valence-corrected chi connectivity index (χ0v) is 27.8. The summed E-state index contributed by atoms with van der Waals surface area (Å²) in [6.45, 7) is 0. The monoisotopic (exact) mass is 652 g/mol. The van der Waals surface area contributed by atoms with E-state index in [4.69, 9.17) is 4.42 Å². The molecule has 0 aliphatic heterocycles. The number of aromatic nitrogens is 1. The van der Waals surface area contributed by atoms with Crippen molar-refractivity contribution in [3.8, 4) is 27.9 Å². The molecule has 0 radical (unpaired) electrons. The first kappa shape index (κ1) is 29.1. The Balaban J connectivity index is 1.08. The van der Waals surface area contributed by atoms with Crippen molar-refractivity contribution >= 4 is 60.8 Å². The quantitative estimate of drug-likeness (QED) is 0.178. The van der Waals surface area contributed by atoms with Crippen LogP contribution in [0.4, 0.5) is 17.1 Å². The van der Waals surface area contributed by atoms with E-state index in [2.05, 4.69) is 191 Å². The highest BCUT2D eigenvalue weighted by Crippen LogP contribution is 2.40. The number of benzene rings is 8. The fraction of sp³-hybridized carbons (Fsp3) is 0. The predicted molar refractivity (Wildman–Crippen MR) is 214 cm³/mol. The Morgan fingerprint density at radius 1 is 0.353 bits per heavy atom. The van der Waals surface area contributed by atoms with Crippen LogP contribution < -0.4 is 4.90 Å². The van der Waals surface area contributed by atoms with Gasteiger partial charge in [0.15, 0.2) is 0 Å². The number of anilines is 3. The Labute approximate surface area is 295 Å². The standard InChI is InChI=1S/C48H32N2O/c1-2-11-33(12-3-1)34-21-25-36(26-22-34)49(37-27-23-35(24-28-37)40-16-10-20-47-48(40)43-15-6-9-19-46(43)51-47)38-29-31-39(32-30-38)50-44-17-7-4-13-41(44)42-14-5-8-18-45(42)50/h1-32H. The third-order valence-electron chi connectivity index (χ3n) is 10.0. The van der Waals surface area contributed by atoms with Gasteiger partial charge in [0.25, 0.3) is 0 Å². The highest BCUT2D eigenvalue weighted by atomic mass is 16.3. The van der Waals surface area contributed by atoms with Crippen LogP contribution in [0.1, 0.15) is 0 Å². The van der Waals surface area contributed by atoms with E-state index in [1.807, 2.05) is 12.1 Å². The predicted octanol–water partition coefficient (Wildman–Crippen LogP) is 13.5. The molecule has 0 saturated heterocycles. The molecule has 0 unspecified atom stereocenters. The summed E-state index contributed by atoms with van der Waals surface area (Å²) in [5.41, 5.74) is 13.3. The van der Waals surface area contributed by atoms with E-state index in [-0.39, 0.29) is 0 Å². The minimum absolute atomic E-state index is 0.904. The van der Waals surface area contributed by atoms with Crippen molar-refractivity contribution in [2.45, 2.75) is 0 Å². The largest absolute Gasteiger partial charge is 0.456 e. The zero-order chi connectivity index (χ0) is 33.7.